The zero-order valence-electron chi connectivity index (χ0n) is 18.3. The van der Waals surface area contributed by atoms with Crippen LogP contribution in [0, 0.1) is 0 Å². The predicted molar refractivity (Wildman–Crippen MR) is 130 cm³/mol. The zero-order chi connectivity index (χ0) is 22.9. The van der Waals surface area contributed by atoms with Crippen molar-refractivity contribution in [3.63, 3.8) is 0 Å². The van der Waals surface area contributed by atoms with Crippen LogP contribution in [0.15, 0.2) is 64.9 Å². The number of para-hydroxylation sites is 1. The van der Waals surface area contributed by atoms with E-state index >= 15 is 0 Å². The molecule has 168 valence electrons. The molecule has 0 fully saturated rings. The van der Waals surface area contributed by atoms with E-state index in [1.54, 1.807) is 34.4 Å². The molecule has 2 aromatic carbocycles. The van der Waals surface area contributed by atoms with Gasteiger partial charge in [-0.15, -0.1) is 11.3 Å². The van der Waals surface area contributed by atoms with Crippen molar-refractivity contribution in [3.8, 4) is 0 Å². The lowest BCUT2D eigenvalue weighted by molar-refractivity contribution is 0.0988. The van der Waals surface area contributed by atoms with Crippen LogP contribution in [0.25, 0.3) is 0 Å². The molecule has 0 atom stereocenters. The van der Waals surface area contributed by atoms with Crippen molar-refractivity contribution >= 4 is 44.3 Å². The second kappa shape index (κ2) is 9.03. The third kappa shape index (κ3) is 4.16. The van der Waals surface area contributed by atoms with Crippen LogP contribution in [-0.2, 0) is 16.6 Å². The smallest absolute Gasteiger partial charge is 0.260 e. The van der Waals surface area contributed by atoms with E-state index in [2.05, 4.69) is 11.4 Å². The van der Waals surface area contributed by atoms with Crippen LogP contribution in [-0.4, -0.2) is 52.9 Å². The fourth-order valence-corrected chi connectivity index (χ4v) is 5.34. The van der Waals surface area contributed by atoms with Gasteiger partial charge in [0.05, 0.1) is 27.5 Å². The van der Waals surface area contributed by atoms with Gasteiger partial charge in [0.25, 0.3) is 5.91 Å². The van der Waals surface area contributed by atoms with Gasteiger partial charge in [0.2, 0.25) is 10.0 Å². The molecule has 0 aliphatic carbocycles. The van der Waals surface area contributed by atoms with Gasteiger partial charge in [-0.2, -0.15) is 0 Å². The summed E-state index contributed by atoms with van der Waals surface area (Å²) in [6, 6.07) is 16.5. The average molecular weight is 471 g/mol. The van der Waals surface area contributed by atoms with E-state index in [9.17, 15) is 13.2 Å². The second-order valence-electron chi connectivity index (χ2n) is 7.73. The molecule has 9 heteroatoms. The van der Waals surface area contributed by atoms with Gasteiger partial charge in [0, 0.05) is 45.7 Å². The Kier molecular flexibility index (Phi) is 6.34. The molecular formula is C23H26N4O3S2. The number of sulfonamides is 1. The number of nitrogens with zero attached hydrogens (tertiary/aromatic N) is 3. The van der Waals surface area contributed by atoms with E-state index < -0.39 is 10.0 Å². The molecule has 1 N–H and O–H groups in total. The van der Waals surface area contributed by atoms with E-state index in [4.69, 9.17) is 0 Å². The lowest BCUT2D eigenvalue weighted by Gasteiger charge is -2.26. The van der Waals surface area contributed by atoms with Gasteiger partial charge < -0.3 is 15.1 Å². The van der Waals surface area contributed by atoms with Crippen LogP contribution in [0.2, 0.25) is 0 Å². The van der Waals surface area contributed by atoms with E-state index in [0.717, 1.165) is 17.9 Å². The Morgan fingerprint density at radius 2 is 1.78 bits per heavy atom. The van der Waals surface area contributed by atoms with Gasteiger partial charge in [-0.05, 0) is 41.8 Å². The van der Waals surface area contributed by atoms with E-state index in [-0.39, 0.29) is 10.8 Å². The van der Waals surface area contributed by atoms with Gasteiger partial charge in [0.1, 0.15) is 0 Å². The molecule has 0 unspecified atom stereocenters. The summed E-state index contributed by atoms with van der Waals surface area (Å²) in [6.07, 6.45) is 0. The minimum atomic E-state index is -3.64. The molecular weight excluding hydrogens is 444 g/mol. The molecule has 3 aromatic rings. The number of anilines is 3. The minimum Gasteiger partial charge on any atom is -0.342 e. The molecule has 1 aromatic heterocycles. The van der Waals surface area contributed by atoms with Crippen LogP contribution < -0.4 is 15.1 Å². The number of carbonyl (C=O) groups is 1. The van der Waals surface area contributed by atoms with E-state index in [0.29, 0.717) is 24.3 Å². The van der Waals surface area contributed by atoms with Crippen LogP contribution in [0.1, 0.15) is 15.2 Å². The topological polar surface area (TPSA) is 73.0 Å². The molecule has 0 bridgehead atoms. The Bertz CT molecular complexity index is 1220. The average Bonchev–Trinajstić information content (AvgIpc) is 3.28. The maximum Gasteiger partial charge on any atom is 0.260 e. The molecule has 1 aliphatic rings. The van der Waals surface area contributed by atoms with Crippen LogP contribution in [0.4, 0.5) is 17.1 Å². The largest absolute Gasteiger partial charge is 0.342 e. The number of hydrogen-bond acceptors (Lipinski definition) is 6. The first-order valence-electron chi connectivity index (χ1n) is 10.2. The van der Waals surface area contributed by atoms with E-state index in [1.807, 2.05) is 47.7 Å². The van der Waals surface area contributed by atoms with Gasteiger partial charge in [0.15, 0.2) is 0 Å². The maximum absolute atomic E-state index is 13.6. The molecule has 1 amide bonds. The molecule has 32 heavy (non-hydrogen) atoms. The number of nitrogens with one attached hydrogen (secondary N) is 1. The first-order chi connectivity index (χ1) is 15.3. The monoisotopic (exact) mass is 470 g/mol. The van der Waals surface area contributed by atoms with Crippen molar-refractivity contribution in [2.45, 2.75) is 11.4 Å². The minimum absolute atomic E-state index is 0.150. The third-order valence-corrected chi connectivity index (χ3v) is 8.20. The summed E-state index contributed by atoms with van der Waals surface area (Å²) >= 11 is 1.68. The van der Waals surface area contributed by atoms with Crippen LogP contribution in [0.5, 0.6) is 0 Å². The third-order valence-electron chi connectivity index (χ3n) is 5.51. The highest BCUT2D eigenvalue weighted by molar-refractivity contribution is 7.89. The zero-order valence-corrected chi connectivity index (χ0v) is 19.9. The molecule has 0 saturated heterocycles. The summed E-state index contributed by atoms with van der Waals surface area (Å²) in [5.41, 5.74) is 2.73. The number of thiophene rings is 1. The first-order valence-corrected chi connectivity index (χ1v) is 12.6. The highest BCUT2D eigenvalue weighted by Crippen LogP contribution is 2.40. The molecule has 0 saturated carbocycles. The summed E-state index contributed by atoms with van der Waals surface area (Å²) in [6.45, 7) is 1.70. The summed E-state index contributed by atoms with van der Waals surface area (Å²) in [7, 11) is 1.25. The number of benzene rings is 2. The summed E-state index contributed by atoms with van der Waals surface area (Å²) in [4.78, 5) is 18.6. The summed E-state index contributed by atoms with van der Waals surface area (Å²) < 4.78 is 26.7. The quantitative estimate of drug-likeness (QED) is 0.535. The normalized spacial score (nSPS) is 13.8. The van der Waals surface area contributed by atoms with Crippen molar-refractivity contribution in [1.29, 1.82) is 0 Å². The van der Waals surface area contributed by atoms with Crippen LogP contribution >= 0.6 is 11.3 Å². The Hall–Kier alpha value is -2.72. The number of amides is 1. The van der Waals surface area contributed by atoms with Crippen molar-refractivity contribution < 1.29 is 13.2 Å². The molecule has 4 rings (SSSR count). The van der Waals surface area contributed by atoms with Crippen molar-refractivity contribution in [3.05, 3.63) is 70.4 Å². The summed E-state index contributed by atoms with van der Waals surface area (Å²) in [5, 5.41) is 5.41. The lowest BCUT2D eigenvalue weighted by atomic mass is 10.1. The fourth-order valence-electron chi connectivity index (χ4n) is 3.74. The highest BCUT2D eigenvalue weighted by atomic mass is 32.2. The molecule has 0 radical (unpaired) electrons. The van der Waals surface area contributed by atoms with Gasteiger partial charge in [-0.3, -0.25) is 4.79 Å². The lowest BCUT2D eigenvalue weighted by Crippen LogP contribution is -2.36. The number of hydrogen-bond donors (Lipinski definition) is 1. The van der Waals surface area contributed by atoms with Crippen molar-refractivity contribution in [2.75, 3.05) is 44.0 Å². The molecule has 0 spiro atoms. The van der Waals surface area contributed by atoms with Gasteiger partial charge in [-0.25, -0.2) is 12.7 Å². The number of rotatable bonds is 7. The number of carbonyl (C=O) groups excluding carboxylic acids is 1. The Morgan fingerprint density at radius 1 is 1.00 bits per heavy atom. The molecule has 7 nitrogen and oxygen atoms in total. The fraction of sp³-hybridized carbons (Fsp3) is 0.261. The number of fused-ring (bicyclic) bond motifs is 2. The van der Waals surface area contributed by atoms with E-state index in [1.165, 1.54) is 23.3 Å². The summed E-state index contributed by atoms with van der Waals surface area (Å²) in [5.74, 6) is -0.150. The highest BCUT2D eigenvalue weighted by Gasteiger charge is 2.31. The van der Waals surface area contributed by atoms with Crippen LogP contribution in [0.3, 0.4) is 0 Å². The van der Waals surface area contributed by atoms with Gasteiger partial charge >= 0.3 is 0 Å². The maximum atomic E-state index is 13.6. The predicted octanol–water partition coefficient (Wildman–Crippen LogP) is 3.52. The Morgan fingerprint density at radius 3 is 2.50 bits per heavy atom. The van der Waals surface area contributed by atoms with Crippen molar-refractivity contribution in [2.24, 2.45) is 0 Å². The standard InChI is InChI=1S/C23H26N4O3S2/c1-25(2)32(29,30)18-10-11-21-22(15-18)27(13-12-24-16-17-7-6-14-31-17)23(28)19-8-4-5-9-20(19)26(21)3/h4-11,14-15,24H,12-13,16H2,1-3H3. The SMILES string of the molecule is CN1c2ccccc2C(=O)N(CCNCc2cccs2)c2cc(S(=O)(=O)N(C)C)ccc21. The Balaban J connectivity index is 1.73. The first kappa shape index (κ1) is 22.5. The van der Waals surface area contributed by atoms with Crippen molar-refractivity contribution in [1.82, 2.24) is 9.62 Å². The second-order valence-corrected chi connectivity index (χ2v) is 10.9. The molecule has 2 heterocycles. The molecule has 1 aliphatic heterocycles. The Labute approximate surface area is 192 Å². The van der Waals surface area contributed by atoms with Gasteiger partial charge in [-0.1, -0.05) is 18.2 Å².